The maximum absolute atomic E-state index is 12.6. The van der Waals surface area contributed by atoms with E-state index in [1.54, 1.807) is 0 Å². The molecule has 0 unspecified atom stereocenters. The molecule has 0 atom stereocenters. The van der Waals surface area contributed by atoms with Crippen LogP contribution in [0.25, 0.3) is 0 Å². The van der Waals surface area contributed by atoms with E-state index in [1.165, 1.54) is 12.8 Å². The molecule has 1 aromatic carbocycles. The maximum Gasteiger partial charge on any atom is 0.232 e. The minimum absolute atomic E-state index is 0. The first-order valence-electron chi connectivity index (χ1n) is 8.04. The molecule has 1 aromatic rings. The van der Waals surface area contributed by atoms with Gasteiger partial charge in [0.25, 0.3) is 0 Å². The number of amides is 1. The maximum atomic E-state index is 12.6. The molecule has 1 saturated carbocycles. The van der Waals surface area contributed by atoms with E-state index >= 15 is 0 Å². The van der Waals surface area contributed by atoms with Crippen LogP contribution in [0.5, 0.6) is 5.75 Å². The highest BCUT2D eigenvalue weighted by molar-refractivity contribution is 5.95. The fourth-order valence-corrected chi connectivity index (χ4v) is 2.68. The number of nitrogens with two attached hydrogens (primary N) is 1. The van der Waals surface area contributed by atoms with Gasteiger partial charge < -0.3 is 20.5 Å². The SMILES string of the molecule is Cl.NCC1(C(=O)Nc2ccc(OCC3CC3)cc2)CCOCC1. The van der Waals surface area contributed by atoms with Crippen LogP contribution in [0.2, 0.25) is 0 Å². The van der Waals surface area contributed by atoms with Gasteiger partial charge in [0.15, 0.2) is 0 Å². The number of hydrogen-bond acceptors (Lipinski definition) is 4. The Morgan fingerprint density at radius 1 is 1.26 bits per heavy atom. The summed E-state index contributed by atoms with van der Waals surface area (Å²) in [4.78, 5) is 12.6. The molecule has 1 aliphatic heterocycles. The van der Waals surface area contributed by atoms with Crippen LogP contribution in [0.3, 0.4) is 0 Å². The predicted octanol–water partition coefficient (Wildman–Crippen LogP) is 2.59. The van der Waals surface area contributed by atoms with Crippen LogP contribution in [-0.4, -0.2) is 32.3 Å². The summed E-state index contributed by atoms with van der Waals surface area (Å²) in [6, 6.07) is 7.56. The fraction of sp³-hybridized carbons (Fsp3) is 0.588. The van der Waals surface area contributed by atoms with Gasteiger partial charge in [-0.05, 0) is 55.9 Å². The second kappa shape index (κ2) is 7.99. The number of nitrogens with one attached hydrogen (secondary N) is 1. The molecule has 23 heavy (non-hydrogen) atoms. The summed E-state index contributed by atoms with van der Waals surface area (Å²) in [7, 11) is 0. The van der Waals surface area contributed by atoms with Crippen LogP contribution in [0, 0.1) is 11.3 Å². The normalized spacial score (nSPS) is 19.5. The summed E-state index contributed by atoms with van der Waals surface area (Å²) in [5.74, 6) is 1.58. The van der Waals surface area contributed by atoms with Crippen LogP contribution in [-0.2, 0) is 9.53 Å². The smallest absolute Gasteiger partial charge is 0.232 e. The molecule has 2 fully saturated rings. The summed E-state index contributed by atoms with van der Waals surface area (Å²) in [6.45, 7) is 2.34. The summed E-state index contributed by atoms with van der Waals surface area (Å²) in [5, 5.41) is 2.98. The van der Waals surface area contributed by atoms with E-state index in [-0.39, 0.29) is 18.3 Å². The molecule has 3 rings (SSSR count). The van der Waals surface area contributed by atoms with Gasteiger partial charge in [0.2, 0.25) is 5.91 Å². The Balaban J connectivity index is 0.00000192. The molecule has 0 aromatic heterocycles. The number of carbonyl (C=O) groups is 1. The minimum atomic E-state index is -0.501. The molecule has 2 aliphatic rings. The number of halogens is 1. The number of anilines is 1. The first-order chi connectivity index (χ1) is 10.7. The van der Waals surface area contributed by atoms with Crippen molar-refractivity contribution in [2.24, 2.45) is 17.1 Å². The molecule has 1 aliphatic carbocycles. The molecule has 1 heterocycles. The fourth-order valence-electron chi connectivity index (χ4n) is 2.68. The quantitative estimate of drug-likeness (QED) is 0.834. The third-order valence-electron chi connectivity index (χ3n) is 4.62. The van der Waals surface area contributed by atoms with Crippen molar-refractivity contribution in [1.82, 2.24) is 0 Å². The Morgan fingerprint density at radius 3 is 2.48 bits per heavy atom. The van der Waals surface area contributed by atoms with E-state index in [0.717, 1.165) is 24.0 Å². The van der Waals surface area contributed by atoms with E-state index < -0.39 is 5.41 Å². The van der Waals surface area contributed by atoms with Gasteiger partial charge >= 0.3 is 0 Å². The lowest BCUT2D eigenvalue weighted by Crippen LogP contribution is -2.46. The summed E-state index contributed by atoms with van der Waals surface area (Å²) in [6.07, 6.45) is 3.91. The van der Waals surface area contributed by atoms with E-state index in [9.17, 15) is 4.79 Å². The third-order valence-corrected chi connectivity index (χ3v) is 4.62. The number of hydrogen-bond donors (Lipinski definition) is 2. The Kier molecular flexibility index (Phi) is 6.27. The van der Waals surface area contributed by atoms with Crippen molar-refractivity contribution in [3.63, 3.8) is 0 Å². The average molecular weight is 341 g/mol. The van der Waals surface area contributed by atoms with Crippen molar-refractivity contribution in [1.29, 1.82) is 0 Å². The zero-order chi connectivity index (χ0) is 15.4. The van der Waals surface area contributed by atoms with Gasteiger partial charge in [0.05, 0.1) is 12.0 Å². The number of rotatable bonds is 6. The van der Waals surface area contributed by atoms with Gasteiger partial charge in [-0.2, -0.15) is 0 Å². The van der Waals surface area contributed by atoms with E-state index in [1.807, 2.05) is 24.3 Å². The zero-order valence-corrected chi connectivity index (χ0v) is 14.1. The third kappa shape index (κ3) is 4.59. The summed E-state index contributed by atoms with van der Waals surface area (Å²) >= 11 is 0. The molecular weight excluding hydrogens is 316 g/mol. The van der Waals surface area contributed by atoms with Crippen molar-refractivity contribution >= 4 is 24.0 Å². The van der Waals surface area contributed by atoms with E-state index in [0.29, 0.717) is 32.6 Å². The van der Waals surface area contributed by atoms with E-state index in [4.69, 9.17) is 15.2 Å². The Morgan fingerprint density at radius 2 is 1.91 bits per heavy atom. The van der Waals surface area contributed by atoms with Crippen molar-refractivity contribution < 1.29 is 14.3 Å². The summed E-state index contributed by atoms with van der Waals surface area (Å²) in [5.41, 5.74) is 6.13. The van der Waals surface area contributed by atoms with Crippen molar-refractivity contribution in [3.05, 3.63) is 24.3 Å². The van der Waals surface area contributed by atoms with Gasteiger partial charge in [-0.25, -0.2) is 0 Å². The van der Waals surface area contributed by atoms with E-state index in [2.05, 4.69) is 5.32 Å². The van der Waals surface area contributed by atoms with Gasteiger partial charge in [-0.3, -0.25) is 4.79 Å². The highest BCUT2D eigenvalue weighted by Crippen LogP contribution is 2.32. The van der Waals surface area contributed by atoms with Gasteiger partial charge in [0.1, 0.15) is 5.75 Å². The molecular formula is C17H25ClN2O3. The zero-order valence-electron chi connectivity index (χ0n) is 13.3. The van der Waals surface area contributed by atoms with Gasteiger partial charge in [0, 0.05) is 25.4 Å². The molecule has 0 spiro atoms. The Hall–Kier alpha value is -1.30. The van der Waals surface area contributed by atoms with Crippen LogP contribution >= 0.6 is 12.4 Å². The second-order valence-electron chi connectivity index (χ2n) is 6.33. The molecule has 6 heteroatoms. The molecule has 0 radical (unpaired) electrons. The number of carbonyl (C=O) groups excluding carboxylic acids is 1. The van der Waals surface area contributed by atoms with Crippen LogP contribution in [0.15, 0.2) is 24.3 Å². The molecule has 0 bridgehead atoms. The first-order valence-corrected chi connectivity index (χ1v) is 8.04. The lowest BCUT2D eigenvalue weighted by atomic mass is 9.79. The van der Waals surface area contributed by atoms with Crippen molar-refractivity contribution in [2.45, 2.75) is 25.7 Å². The van der Waals surface area contributed by atoms with Crippen molar-refractivity contribution in [2.75, 3.05) is 31.7 Å². The molecule has 3 N–H and O–H groups in total. The van der Waals surface area contributed by atoms with Gasteiger partial charge in [-0.1, -0.05) is 0 Å². The van der Waals surface area contributed by atoms with Crippen LogP contribution in [0.1, 0.15) is 25.7 Å². The molecule has 128 valence electrons. The average Bonchev–Trinajstić information content (AvgIpc) is 3.39. The molecule has 5 nitrogen and oxygen atoms in total. The van der Waals surface area contributed by atoms with Gasteiger partial charge in [-0.15, -0.1) is 12.4 Å². The lowest BCUT2D eigenvalue weighted by Gasteiger charge is -2.34. The largest absolute Gasteiger partial charge is 0.493 e. The topological polar surface area (TPSA) is 73.6 Å². The monoisotopic (exact) mass is 340 g/mol. The molecule has 1 amide bonds. The van der Waals surface area contributed by atoms with Crippen molar-refractivity contribution in [3.8, 4) is 5.75 Å². The summed E-state index contributed by atoms with van der Waals surface area (Å²) < 4.78 is 11.0. The lowest BCUT2D eigenvalue weighted by molar-refractivity contribution is -0.130. The first kappa shape index (κ1) is 18.0. The Bertz CT molecular complexity index is 511. The highest BCUT2D eigenvalue weighted by atomic mass is 35.5. The highest BCUT2D eigenvalue weighted by Gasteiger charge is 2.38. The second-order valence-corrected chi connectivity index (χ2v) is 6.33. The Labute approximate surface area is 143 Å². The van der Waals surface area contributed by atoms with Crippen LogP contribution in [0.4, 0.5) is 5.69 Å². The minimum Gasteiger partial charge on any atom is -0.493 e. The number of ether oxygens (including phenoxy) is 2. The predicted molar refractivity (Wildman–Crippen MR) is 92.1 cm³/mol. The van der Waals surface area contributed by atoms with Crippen LogP contribution < -0.4 is 15.8 Å². The molecule has 1 saturated heterocycles. The number of benzene rings is 1. The standard InChI is InChI=1S/C17H24N2O3.ClH/c18-12-17(7-9-21-10-8-17)16(20)19-14-3-5-15(6-4-14)22-11-13-1-2-13;/h3-6,13H,1-2,7-12,18H2,(H,19,20);1H.